The summed E-state index contributed by atoms with van der Waals surface area (Å²) in [6.07, 6.45) is 2.35. The van der Waals surface area contributed by atoms with E-state index in [1.165, 1.54) is 0 Å². The van der Waals surface area contributed by atoms with Crippen molar-refractivity contribution in [2.75, 3.05) is 6.61 Å². The van der Waals surface area contributed by atoms with Crippen molar-refractivity contribution < 1.29 is 9.84 Å². The van der Waals surface area contributed by atoms with E-state index in [-0.39, 0.29) is 6.61 Å². The van der Waals surface area contributed by atoms with E-state index in [9.17, 15) is 0 Å². The summed E-state index contributed by atoms with van der Waals surface area (Å²) in [6.45, 7) is 0.125. The van der Waals surface area contributed by atoms with Crippen molar-refractivity contribution in [3.05, 3.63) is 60.4 Å². The maximum atomic E-state index is 9.16. The molecule has 90 valence electrons. The highest BCUT2D eigenvalue weighted by molar-refractivity contribution is 5.85. The van der Waals surface area contributed by atoms with Crippen molar-refractivity contribution in [3.8, 4) is 16.9 Å². The molecule has 3 rings (SSSR count). The largest absolute Gasteiger partial charge is 0.464 e. The zero-order valence-electron chi connectivity index (χ0n) is 9.97. The SMILES string of the molecule is OCCC1=COc2ccccc2-c2ccccc21. The van der Waals surface area contributed by atoms with Gasteiger partial charge in [0.25, 0.3) is 0 Å². The molecule has 1 aliphatic rings. The molecule has 0 atom stereocenters. The van der Waals surface area contributed by atoms with E-state index >= 15 is 0 Å². The highest BCUT2D eigenvalue weighted by Crippen LogP contribution is 2.38. The summed E-state index contributed by atoms with van der Waals surface area (Å²) in [5.74, 6) is 0.859. The number of ether oxygens (including phenoxy) is 1. The van der Waals surface area contributed by atoms with Gasteiger partial charge in [0.2, 0.25) is 0 Å². The monoisotopic (exact) mass is 238 g/mol. The number of fused-ring (bicyclic) bond motifs is 3. The number of hydrogen-bond donors (Lipinski definition) is 1. The molecule has 2 aromatic rings. The molecule has 2 heteroatoms. The zero-order chi connectivity index (χ0) is 12.4. The number of para-hydroxylation sites is 1. The van der Waals surface area contributed by atoms with Gasteiger partial charge in [0.05, 0.1) is 6.26 Å². The van der Waals surface area contributed by atoms with Crippen molar-refractivity contribution in [1.29, 1.82) is 0 Å². The number of rotatable bonds is 2. The van der Waals surface area contributed by atoms with Crippen LogP contribution in [0.25, 0.3) is 16.7 Å². The standard InChI is InChI=1S/C16H14O2/c17-10-9-12-11-18-16-8-4-3-7-15(16)14-6-2-1-5-13(12)14/h1-8,11,17H,9-10H2. The molecule has 0 unspecified atom stereocenters. The molecule has 1 aliphatic heterocycles. The van der Waals surface area contributed by atoms with E-state index in [0.717, 1.165) is 28.0 Å². The van der Waals surface area contributed by atoms with Crippen molar-refractivity contribution >= 4 is 5.57 Å². The summed E-state index contributed by atoms with van der Waals surface area (Å²) in [5.41, 5.74) is 4.42. The first-order chi connectivity index (χ1) is 8.90. The molecule has 1 N–H and O–H groups in total. The van der Waals surface area contributed by atoms with Crippen LogP contribution in [-0.4, -0.2) is 11.7 Å². The van der Waals surface area contributed by atoms with Gasteiger partial charge in [-0.1, -0.05) is 42.5 Å². The minimum Gasteiger partial charge on any atom is -0.464 e. The Bertz CT molecular complexity index is 600. The molecule has 0 saturated heterocycles. The fourth-order valence-electron chi connectivity index (χ4n) is 2.30. The number of aliphatic hydroxyl groups is 1. The van der Waals surface area contributed by atoms with Gasteiger partial charge in [0.15, 0.2) is 0 Å². The second-order valence-electron chi connectivity index (χ2n) is 4.28. The summed E-state index contributed by atoms with van der Waals surface area (Å²) < 4.78 is 5.72. The Morgan fingerprint density at radius 3 is 2.28 bits per heavy atom. The third kappa shape index (κ3) is 1.81. The van der Waals surface area contributed by atoms with Crippen LogP contribution in [-0.2, 0) is 0 Å². The van der Waals surface area contributed by atoms with Crippen LogP contribution in [0.15, 0.2) is 54.8 Å². The average Bonchev–Trinajstić information content (AvgIpc) is 2.58. The third-order valence-electron chi connectivity index (χ3n) is 3.16. The molecule has 0 aliphatic carbocycles. The molecule has 2 aromatic carbocycles. The maximum Gasteiger partial charge on any atom is 0.134 e. The Kier molecular flexibility index (Phi) is 2.87. The molecule has 0 fully saturated rings. The van der Waals surface area contributed by atoms with Crippen LogP contribution in [0.1, 0.15) is 12.0 Å². The first-order valence-electron chi connectivity index (χ1n) is 6.05. The van der Waals surface area contributed by atoms with Crippen LogP contribution < -0.4 is 4.74 Å². The molecule has 0 saturated carbocycles. The lowest BCUT2D eigenvalue weighted by Crippen LogP contribution is -1.91. The van der Waals surface area contributed by atoms with Gasteiger partial charge in [0.1, 0.15) is 5.75 Å². The first-order valence-corrected chi connectivity index (χ1v) is 6.05. The number of benzene rings is 2. The smallest absolute Gasteiger partial charge is 0.134 e. The second kappa shape index (κ2) is 4.67. The summed E-state index contributed by atoms with van der Waals surface area (Å²) in [6, 6.07) is 16.2. The normalized spacial score (nSPS) is 12.8. The van der Waals surface area contributed by atoms with E-state index in [1.54, 1.807) is 6.26 Å². The van der Waals surface area contributed by atoms with E-state index in [1.807, 2.05) is 30.3 Å². The topological polar surface area (TPSA) is 29.5 Å². The molecular weight excluding hydrogens is 224 g/mol. The van der Waals surface area contributed by atoms with Gasteiger partial charge in [-0.05, 0) is 29.2 Å². The van der Waals surface area contributed by atoms with E-state index < -0.39 is 0 Å². The average molecular weight is 238 g/mol. The molecule has 1 heterocycles. The Hall–Kier alpha value is -2.06. The molecule has 2 nitrogen and oxygen atoms in total. The maximum absolute atomic E-state index is 9.16. The van der Waals surface area contributed by atoms with Crippen molar-refractivity contribution in [2.24, 2.45) is 0 Å². The molecule has 0 radical (unpaired) electrons. The fourth-order valence-corrected chi connectivity index (χ4v) is 2.30. The Balaban J connectivity index is 2.22. The summed E-state index contributed by atoms with van der Waals surface area (Å²) in [7, 11) is 0. The summed E-state index contributed by atoms with van der Waals surface area (Å²) >= 11 is 0. The number of hydrogen-bond acceptors (Lipinski definition) is 2. The highest BCUT2D eigenvalue weighted by Gasteiger charge is 2.16. The van der Waals surface area contributed by atoms with Crippen molar-refractivity contribution in [3.63, 3.8) is 0 Å². The Morgan fingerprint density at radius 2 is 1.50 bits per heavy atom. The molecule has 0 spiro atoms. The third-order valence-corrected chi connectivity index (χ3v) is 3.16. The lowest BCUT2D eigenvalue weighted by atomic mass is 9.94. The summed E-state index contributed by atoms with van der Waals surface area (Å²) in [5, 5.41) is 9.16. The Labute approximate surface area is 106 Å². The lowest BCUT2D eigenvalue weighted by molar-refractivity contribution is 0.304. The quantitative estimate of drug-likeness (QED) is 0.868. The van der Waals surface area contributed by atoms with E-state index in [0.29, 0.717) is 6.42 Å². The van der Waals surface area contributed by atoms with Gasteiger partial charge >= 0.3 is 0 Å². The van der Waals surface area contributed by atoms with Gasteiger partial charge < -0.3 is 9.84 Å². The van der Waals surface area contributed by atoms with Crippen molar-refractivity contribution in [2.45, 2.75) is 6.42 Å². The minimum atomic E-state index is 0.125. The fraction of sp³-hybridized carbons (Fsp3) is 0.125. The molecule has 18 heavy (non-hydrogen) atoms. The molecule has 0 aromatic heterocycles. The van der Waals surface area contributed by atoms with E-state index in [2.05, 4.69) is 18.2 Å². The predicted molar refractivity (Wildman–Crippen MR) is 72.2 cm³/mol. The minimum absolute atomic E-state index is 0.125. The molecular formula is C16H14O2. The van der Waals surface area contributed by atoms with E-state index in [4.69, 9.17) is 9.84 Å². The van der Waals surface area contributed by atoms with Crippen LogP contribution in [0.2, 0.25) is 0 Å². The molecule has 0 amide bonds. The van der Waals surface area contributed by atoms with Gasteiger partial charge in [-0.25, -0.2) is 0 Å². The van der Waals surface area contributed by atoms with Gasteiger partial charge in [0, 0.05) is 12.2 Å². The first kappa shape index (κ1) is 11.1. The van der Waals surface area contributed by atoms with Gasteiger partial charge in [-0.15, -0.1) is 0 Å². The number of aliphatic hydroxyl groups excluding tert-OH is 1. The second-order valence-corrected chi connectivity index (χ2v) is 4.28. The van der Waals surface area contributed by atoms with Gasteiger partial charge in [-0.3, -0.25) is 0 Å². The van der Waals surface area contributed by atoms with Crippen molar-refractivity contribution in [1.82, 2.24) is 0 Å². The Morgan fingerprint density at radius 1 is 0.833 bits per heavy atom. The van der Waals surface area contributed by atoms with Crippen LogP contribution >= 0.6 is 0 Å². The predicted octanol–water partition coefficient (Wildman–Crippen LogP) is 3.47. The summed E-state index contributed by atoms with van der Waals surface area (Å²) in [4.78, 5) is 0. The highest BCUT2D eigenvalue weighted by atomic mass is 16.5. The zero-order valence-corrected chi connectivity index (χ0v) is 9.97. The lowest BCUT2D eigenvalue weighted by Gasteiger charge is -2.09. The molecule has 0 bridgehead atoms. The van der Waals surface area contributed by atoms with Crippen LogP contribution in [0.3, 0.4) is 0 Å². The van der Waals surface area contributed by atoms with Crippen LogP contribution in [0.4, 0.5) is 0 Å². The van der Waals surface area contributed by atoms with Crippen LogP contribution in [0, 0.1) is 0 Å². The van der Waals surface area contributed by atoms with Crippen LogP contribution in [0.5, 0.6) is 5.75 Å². The van der Waals surface area contributed by atoms with Gasteiger partial charge in [-0.2, -0.15) is 0 Å².